The molecule has 0 amide bonds. The molecule has 1 aliphatic heterocycles. The molecule has 2 rings (SSSR count). The van der Waals surface area contributed by atoms with Crippen LogP contribution in [0.2, 0.25) is 18.1 Å². The molecule has 0 aliphatic carbocycles. The highest BCUT2D eigenvalue weighted by molar-refractivity contribution is 6.74. The van der Waals surface area contributed by atoms with Gasteiger partial charge in [0, 0.05) is 12.1 Å². The highest BCUT2D eigenvalue weighted by Crippen LogP contribution is 2.39. The first-order valence-corrected chi connectivity index (χ1v) is 10.7. The fourth-order valence-corrected chi connectivity index (χ4v) is 3.92. The number of nitrogens with one attached hydrogen (secondary N) is 1. The van der Waals surface area contributed by atoms with Crippen LogP contribution in [0.1, 0.15) is 45.2 Å². The van der Waals surface area contributed by atoms with Gasteiger partial charge in [-0.2, -0.15) is 0 Å². The molecule has 1 saturated heterocycles. The van der Waals surface area contributed by atoms with Gasteiger partial charge in [0.2, 0.25) is 0 Å². The zero-order valence-corrected chi connectivity index (χ0v) is 14.6. The molecule has 1 aromatic carbocycles. The van der Waals surface area contributed by atoms with E-state index in [-0.39, 0.29) is 0 Å². The SMILES string of the molecule is CC(C)(C)[Si](C)(C)O[C@@H]1CCN[C@H](c2ccccc2)C1. The van der Waals surface area contributed by atoms with E-state index in [1.54, 1.807) is 0 Å². The number of benzene rings is 1. The summed E-state index contributed by atoms with van der Waals surface area (Å²) < 4.78 is 6.59. The van der Waals surface area contributed by atoms with Gasteiger partial charge in [0.05, 0.1) is 0 Å². The maximum absolute atomic E-state index is 6.59. The number of rotatable bonds is 3. The average molecular weight is 292 g/mol. The topological polar surface area (TPSA) is 21.3 Å². The Bertz CT molecular complexity index is 424. The Hall–Kier alpha value is -0.643. The predicted octanol–water partition coefficient (Wildman–Crippen LogP) is 4.50. The van der Waals surface area contributed by atoms with E-state index in [1.165, 1.54) is 5.56 Å². The first-order chi connectivity index (χ1) is 9.29. The Balaban J connectivity index is 2.01. The monoisotopic (exact) mass is 291 g/mol. The van der Waals surface area contributed by atoms with E-state index < -0.39 is 8.32 Å². The minimum atomic E-state index is -1.65. The van der Waals surface area contributed by atoms with Gasteiger partial charge in [0.25, 0.3) is 0 Å². The molecule has 1 N–H and O–H groups in total. The molecule has 3 heteroatoms. The van der Waals surface area contributed by atoms with Crippen LogP contribution in [0.15, 0.2) is 30.3 Å². The molecule has 2 nitrogen and oxygen atoms in total. The van der Waals surface area contributed by atoms with Crippen LogP contribution in [0.3, 0.4) is 0 Å². The number of hydrogen-bond acceptors (Lipinski definition) is 2. The van der Waals surface area contributed by atoms with Crippen LogP contribution < -0.4 is 5.32 Å². The molecule has 2 atom stereocenters. The van der Waals surface area contributed by atoms with Crippen molar-refractivity contribution in [2.24, 2.45) is 0 Å². The molecule has 0 saturated carbocycles. The maximum atomic E-state index is 6.59. The molecule has 0 unspecified atom stereocenters. The normalized spacial score (nSPS) is 24.6. The van der Waals surface area contributed by atoms with Crippen molar-refractivity contribution in [3.63, 3.8) is 0 Å². The van der Waals surface area contributed by atoms with E-state index in [1.807, 2.05) is 0 Å². The fraction of sp³-hybridized carbons (Fsp3) is 0.647. The summed E-state index contributed by atoms with van der Waals surface area (Å²) in [6, 6.07) is 11.2. The summed E-state index contributed by atoms with van der Waals surface area (Å²) in [5.41, 5.74) is 1.39. The molecule has 1 heterocycles. The van der Waals surface area contributed by atoms with Crippen molar-refractivity contribution in [1.29, 1.82) is 0 Å². The Morgan fingerprint density at radius 3 is 2.40 bits per heavy atom. The van der Waals surface area contributed by atoms with E-state index in [2.05, 4.69) is 69.5 Å². The van der Waals surface area contributed by atoms with Gasteiger partial charge in [0.15, 0.2) is 8.32 Å². The molecule has 20 heavy (non-hydrogen) atoms. The molecule has 112 valence electrons. The zero-order valence-electron chi connectivity index (χ0n) is 13.6. The van der Waals surface area contributed by atoms with Crippen LogP contribution in [0.25, 0.3) is 0 Å². The van der Waals surface area contributed by atoms with Gasteiger partial charge in [-0.05, 0) is 43.1 Å². The van der Waals surface area contributed by atoms with E-state index in [9.17, 15) is 0 Å². The van der Waals surface area contributed by atoms with Crippen molar-refractivity contribution in [2.75, 3.05) is 6.54 Å². The highest BCUT2D eigenvalue weighted by Gasteiger charge is 2.40. The van der Waals surface area contributed by atoms with Crippen molar-refractivity contribution in [1.82, 2.24) is 5.32 Å². The lowest BCUT2D eigenvalue weighted by molar-refractivity contribution is 0.124. The van der Waals surface area contributed by atoms with Gasteiger partial charge in [-0.3, -0.25) is 0 Å². The number of hydrogen-bond donors (Lipinski definition) is 1. The van der Waals surface area contributed by atoms with E-state index in [0.29, 0.717) is 17.2 Å². The van der Waals surface area contributed by atoms with Crippen LogP contribution in [0.5, 0.6) is 0 Å². The fourth-order valence-electron chi connectivity index (χ4n) is 2.52. The second-order valence-corrected chi connectivity index (χ2v) is 12.2. The maximum Gasteiger partial charge on any atom is 0.192 e. The smallest absolute Gasteiger partial charge is 0.192 e. The van der Waals surface area contributed by atoms with Crippen LogP contribution >= 0.6 is 0 Å². The summed E-state index contributed by atoms with van der Waals surface area (Å²) >= 11 is 0. The highest BCUT2D eigenvalue weighted by atomic mass is 28.4. The molecule has 1 fully saturated rings. The molecule has 0 aromatic heterocycles. The molecule has 1 aromatic rings. The van der Waals surface area contributed by atoms with Gasteiger partial charge in [-0.1, -0.05) is 51.1 Å². The Morgan fingerprint density at radius 2 is 1.80 bits per heavy atom. The van der Waals surface area contributed by atoms with Crippen molar-refractivity contribution in [3.05, 3.63) is 35.9 Å². The molecular weight excluding hydrogens is 262 g/mol. The van der Waals surface area contributed by atoms with Crippen LogP contribution in [0, 0.1) is 0 Å². The van der Waals surface area contributed by atoms with Crippen molar-refractivity contribution >= 4 is 8.32 Å². The third-order valence-corrected chi connectivity index (χ3v) is 9.36. The summed E-state index contributed by atoms with van der Waals surface area (Å²) in [7, 11) is -1.65. The zero-order chi connectivity index (χ0) is 14.8. The summed E-state index contributed by atoms with van der Waals surface area (Å²) in [5.74, 6) is 0. The Labute approximate surface area is 125 Å². The third kappa shape index (κ3) is 3.71. The van der Waals surface area contributed by atoms with Crippen molar-refractivity contribution in [3.8, 4) is 0 Å². The van der Waals surface area contributed by atoms with E-state index in [4.69, 9.17) is 4.43 Å². The first-order valence-electron chi connectivity index (χ1n) is 7.76. The summed E-state index contributed by atoms with van der Waals surface area (Å²) in [4.78, 5) is 0. The van der Waals surface area contributed by atoms with Gasteiger partial charge in [0.1, 0.15) is 0 Å². The van der Waals surface area contributed by atoms with Crippen molar-refractivity contribution in [2.45, 2.75) is 63.9 Å². The summed E-state index contributed by atoms with van der Waals surface area (Å²) in [6.45, 7) is 12.7. The second-order valence-electron chi connectivity index (χ2n) is 7.44. The number of piperidine rings is 1. The molecule has 1 aliphatic rings. The minimum Gasteiger partial charge on any atom is -0.414 e. The Morgan fingerprint density at radius 1 is 1.15 bits per heavy atom. The molecular formula is C17H29NOSi. The van der Waals surface area contributed by atoms with Crippen LogP contribution in [-0.4, -0.2) is 21.0 Å². The van der Waals surface area contributed by atoms with E-state index in [0.717, 1.165) is 19.4 Å². The lowest BCUT2D eigenvalue weighted by Crippen LogP contribution is -2.47. The summed E-state index contributed by atoms with van der Waals surface area (Å²) in [5, 5.41) is 3.92. The quantitative estimate of drug-likeness (QED) is 0.828. The molecule has 0 spiro atoms. The third-order valence-electron chi connectivity index (χ3n) is 4.83. The standard InChI is InChI=1S/C17H29NOSi/c1-17(2,3)20(4,5)19-15-11-12-18-16(13-15)14-9-7-6-8-10-14/h6-10,15-16,18H,11-13H2,1-5H3/t15-,16+/m1/s1. The van der Waals surface area contributed by atoms with Gasteiger partial charge < -0.3 is 9.74 Å². The van der Waals surface area contributed by atoms with Gasteiger partial charge in [-0.15, -0.1) is 0 Å². The molecule has 0 radical (unpaired) electrons. The predicted molar refractivity (Wildman–Crippen MR) is 88.5 cm³/mol. The van der Waals surface area contributed by atoms with Crippen LogP contribution in [0.4, 0.5) is 0 Å². The minimum absolute atomic E-state index is 0.292. The average Bonchev–Trinajstić information content (AvgIpc) is 2.38. The summed E-state index contributed by atoms with van der Waals surface area (Å²) in [6.07, 6.45) is 2.63. The van der Waals surface area contributed by atoms with Gasteiger partial charge in [-0.25, -0.2) is 0 Å². The molecule has 0 bridgehead atoms. The first kappa shape index (κ1) is 15.7. The van der Waals surface area contributed by atoms with Gasteiger partial charge >= 0.3 is 0 Å². The van der Waals surface area contributed by atoms with Crippen LogP contribution in [-0.2, 0) is 4.43 Å². The van der Waals surface area contributed by atoms with Crippen molar-refractivity contribution < 1.29 is 4.43 Å². The second kappa shape index (κ2) is 6.00. The lowest BCUT2D eigenvalue weighted by Gasteiger charge is -2.42. The van der Waals surface area contributed by atoms with E-state index >= 15 is 0 Å². The largest absolute Gasteiger partial charge is 0.414 e. The lowest BCUT2D eigenvalue weighted by atomic mass is 9.96. The Kier molecular flexibility index (Phi) is 4.72.